The van der Waals surface area contributed by atoms with E-state index in [1.165, 1.54) is 6.20 Å². The number of nitro groups is 1. The standard InChI is InChI=1S/C20H18N4O5/c21-19(25)16-7-5-15(6-8-16)14-3-1-13(2-4-14)11-28-17-9-23-10-18(24(26)27)22-20(23)29-12-17/h1-8,10,17H,9,11-12H2,(H2,21,25)/t17-/m0/s1. The molecule has 0 spiro atoms. The maximum Gasteiger partial charge on any atom is 0.414 e. The number of benzene rings is 2. The summed E-state index contributed by atoms with van der Waals surface area (Å²) in [6.45, 7) is 1.12. The number of hydrogen-bond acceptors (Lipinski definition) is 6. The largest absolute Gasteiger partial charge is 0.443 e. The van der Waals surface area contributed by atoms with Crippen molar-refractivity contribution in [3.05, 3.63) is 76.0 Å². The molecule has 29 heavy (non-hydrogen) atoms. The fourth-order valence-corrected chi connectivity index (χ4v) is 3.09. The first-order valence-corrected chi connectivity index (χ1v) is 8.95. The third-order valence-electron chi connectivity index (χ3n) is 4.66. The Hall–Kier alpha value is -3.72. The third-order valence-corrected chi connectivity index (χ3v) is 4.66. The molecule has 0 bridgehead atoms. The van der Waals surface area contributed by atoms with Crippen molar-refractivity contribution in [1.82, 2.24) is 9.55 Å². The molecule has 0 radical (unpaired) electrons. The second kappa shape index (κ2) is 7.72. The normalized spacial score (nSPS) is 15.4. The molecule has 1 aliphatic rings. The number of ether oxygens (including phenoxy) is 2. The number of nitrogens with zero attached hydrogens (tertiary/aromatic N) is 3. The molecule has 0 saturated heterocycles. The van der Waals surface area contributed by atoms with E-state index in [1.807, 2.05) is 36.4 Å². The summed E-state index contributed by atoms with van der Waals surface area (Å²) in [6.07, 6.45) is 1.13. The minimum Gasteiger partial charge on any atom is -0.443 e. The van der Waals surface area contributed by atoms with E-state index in [-0.39, 0.29) is 17.9 Å². The predicted molar refractivity (Wildman–Crippen MR) is 103 cm³/mol. The van der Waals surface area contributed by atoms with Gasteiger partial charge in [-0.2, -0.15) is 0 Å². The lowest BCUT2D eigenvalue weighted by Crippen LogP contribution is -2.32. The van der Waals surface area contributed by atoms with Gasteiger partial charge in [0.05, 0.1) is 13.2 Å². The summed E-state index contributed by atoms with van der Waals surface area (Å²) in [6, 6.07) is 15.2. The van der Waals surface area contributed by atoms with Crippen LogP contribution in [0.15, 0.2) is 54.7 Å². The van der Waals surface area contributed by atoms with Gasteiger partial charge in [-0.1, -0.05) is 36.4 Å². The average Bonchev–Trinajstić information content (AvgIpc) is 3.16. The highest BCUT2D eigenvalue weighted by atomic mass is 16.6. The number of rotatable bonds is 6. The lowest BCUT2D eigenvalue weighted by atomic mass is 10.0. The second-order valence-corrected chi connectivity index (χ2v) is 6.67. The van der Waals surface area contributed by atoms with E-state index < -0.39 is 10.8 Å². The van der Waals surface area contributed by atoms with Crippen molar-refractivity contribution < 1.29 is 19.2 Å². The first-order valence-electron chi connectivity index (χ1n) is 8.95. The van der Waals surface area contributed by atoms with Crippen LogP contribution in [0, 0.1) is 10.1 Å². The molecule has 2 heterocycles. The Balaban J connectivity index is 1.35. The first kappa shape index (κ1) is 18.6. The number of aromatic nitrogens is 2. The van der Waals surface area contributed by atoms with Gasteiger partial charge in [0.1, 0.15) is 18.9 Å². The van der Waals surface area contributed by atoms with E-state index in [1.54, 1.807) is 16.7 Å². The molecule has 4 rings (SSSR count). The van der Waals surface area contributed by atoms with Crippen molar-refractivity contribution >= 4 is 11.7 Å². The Bertz CT molecular complexity index is 1040. The molecule has 9 nitrogen and oxygen atoms in total. The van der Waals surface area contributed by atoms with E-state index >= 15 is 0 Å². The fourth-order valence-electron chi connectivity index (χ4n) is 3.09. The zero-order chi connectivity index (χ0) is 20.4. The summed E-state index contributed by atoms with van der Waals surface area (Å²) in [7, 11) is 0. The number of carbonyl (C=O) groups excluding carboxylic acids is 1. The van der Waals surface area contributed by atoms with Gasteiger partial charge in [-0.15, -0.1) is 0 Å². The van der Waals surface area contributed by atoms with E-state index in [0.29, 0.717) is 25.3 Å². The van der Waals surface area contributed by atoms with Gasteiger partial charge in [0, 0.05) is 10.5 Å². The van der Waals surface area contributed by atoms with Crippen LogP contribution in [0.4, 0.5) is 5.82 Å². The Kier molecular flexibility index (Phi) is 4.96. The molecule has 1 atom stereocenters. The summed E-state index contributed by atoms with van der Waals surface area (Å²) in [5, 5.41) is 10.8. The Labute approximate surface area is 165 Å². The lowest BCUT2D eigenvalue weighted by molar-refractivity contribution is -0.389. The average molecular weight is 394 g/mol. The number of nitrogens with two attached hydrogens (primary N) is 1. The SMILES string of the molecule is NC(=O)c1ccc(-c2ccc(CO[C@@H]3COc4nc([N+](=O)[O-])cn4C3)cc2)cc1. The van der Waals surface area contributed by atoms with Crippen LogP contribution in [-0.2, 0) is 17.9 Å². The van der Waals surface area contributed by atoms with Crippen molar-refractivity contribution in [2.75, 3.05) is 6.61 Å². The van der Waals surface area contributed by atoms with E-state index in [0.717, 1.165) is 16.7 Å². The van der Waals surface area contributed by atoms with Crippen molar-refractivity contribution in [2.45, 2.75) is 19.3 Å². The van der Waals surface area contributed by atoms with Crippen LogP contribution >= 0.6 is 0 Å². The van der Waals surface area contributed by atoms with Crippen LogP contribution in [0.5, 0.6) is 6.01 Å². The van der Waals surface area contributed by atoms with Crippen LogP contribution in [0.25, 0.3) is 11.1 Å². The smallest absolute Gasteiger partial charge is 0.414 e. The van der Waals surface area contributed by atoms with Crippen molar-refractivity contribution in [3.63, 3.8) is 0 Å². The van der Waals surface area contributed by atoms with Gasteiger partial charge in [0.25, 0.3) is 0 Å². The highest BCUT2D eigenvalue weighted by Crippen LogP contribution is 2.24. The highest BCUT2D eigenvalue weighted by Gasteiger charge is 2.28. The van der Waals surface area contributed by atoms with Crippen LogP contribution in [0.2, 0.25) is 0 Å². The monoisotopic (exact) mass is 394 g/mol. The van der Waals surface area contributed by atoms with Crippen LogP contribution in [0.3, 0.4) is 0 Å². The second-order valence-electron chi connectivity index (χ2n) is 6.67. The zero-order valence-electron chi connectivity index (χ0n) is 15.4. The molecule has 0 saturated carbocycles. The van der Waals surface area contributed by atoms with Crippen molar-refractivity contribution in [2.24, 2.45) is 5.73 Å². The number of hydrogen-bond donors (Lipinski definition) is 1. The topological polar surface area (TPSA) is 123 Å². The van der Waals surface area contributed by atoms with Gasteiger partial charge in [0.15, 0.2) is 0 Å². The van der Waals surface area contributed by atoms with E-state index in [9.17, 15) is 14.9 Å². The maximum atomic E-state index is 11.2. The molecule has 0 fully saturated rings. The molecule has 0 aliphatic carbocycles. The molecule has 1 aliphatic heterocycles. The molecule has 0 unspecified atom stereocenters. The van der Waals surface area contributed by atoms with Gasteiger partial charge < -0.3 is 25.3 Å². The van der Waals surface area contributed by atoms with Gasteiger partial charge >= 0.3 is 11.8 Å². The van der Waals surface area contributed by atoms with Crippen molar-refractivity contribution in [3.8, 4) is 17.1 Å². The molecule has 2 aromatic carbocycles. The first-order chi connectivity index (χ1) is 14.0. The number of fused-ring (bicyclic) bond motifs is 1. The summed E-state index contributed by atoms with van der Waals surface area (Å²) in [5.74, 6) is -0.687. The number of carbonyl (C=O) groups is 1. The van der Waals surface area contributed by atoms with Crippen molar-refractivity contribution in [1.29, 1.82) is 0 Å². The maximum absolute atomic E-state index is 11.2. The Morgan fingerprint density at radius 2 is 1.86 bits per heavy atom. The fraction of sp³-hybridized carbons (Fsp3) is 0.200. The molecule has 148 valence electrons. The van der Waals surface area contributed by atoms with E-state index in [2.05, 4.69) is 4.98 Å². The van der Waals surface area contributed by atoms with Crippen LogP contribution in [-0.4, -0.2) is 33.1 Å². The molecule has 3 aromatic rings. The molecular formula is C20H18N4O5. The van der Waals surface area contributed by atoms with Crippen LogP contribution < -0.4 is 10.5 Å². The van der Waals surface area contributed by atoms with Gasteiger partial charge in [-0.05, 0) is 33.7 Å². The number of primary amides is 1. The lowest BCUT2D eigenvalue weighted by Gasteiger charge is -2.22. The molecular weight excluding hydrogens is 376 g/mol. The zero-order valence-corrected chi connectivity index (χ0v) is 15.4. The quantitative estimate of drug-likeness (QED) is 0.506. The van der Waals surface area contributed by atoms with Gasteiger partial charge in [0.2, 0.25) is 5.91 Å². The summed E-state index contributed by atoms with van der Waals surface area (Å²) < 4.78 is 12.9. The highest BCUT2D eigenvalue weighted by molar-refractivity contribution is 5.93. The Morgan fingerprint density at radius 1 is 1.21 bits per heavy atom. The number of amides is 1. The Morgan fingerprint density at radius 3 is 2.48 bits per heavy atom. The summed E-state index contributed by atoms with van der Waals surface area (Å²) in [4.78, 5) is 25.2. The summed E-state index contributed by atoms with van der Waals surface area (Å²) in [5.41, 5.74) is 8.72. The molecule has 9 heteroatoms. The van der Waals surface area contributed by atoms with E-state index in [4.69, 9.17) is 15.2 Å². The minimum atomic E-state index is -0.548. The third kappa shape index (κ3) is 4.09. The molecule has 1 amide bonds. The predicted octanol–water partition coefficient (Wildman–Crippen LogP) is 2.54. The van der Waals surface area contributed by atoms with Crippen LogP contribution in [0.1, 0.15) is 15.9 Å². The summed E-state index contributed by atoms with van der Waals surface area (Å²) >= 11 is 0. The molecule has 1 aromatic heterocycles. The van der Waals surface area contributed by atoms with Gasteiger partial charge in [-0.25, -0.2) is 0 Å². The molecule has 2 N–H and O–H groups in total. The van der Waals surface area contributed by atoms with Gasteiger partial charge in [-0.3, -0.25) is 9.36 Å². The number of imidazole rings is 1. The minimum absolute atomic E-state index is 0.225.